The number of amides is 1. The molecular weight excluding hydrogens is 605 g/mol. The third-order valence-corrected chi connectivity index (χ3v) is 7.52. The molecule has 3 aromatic carbocycles. The molecule has 0 aromatic heterocycles. The van der Waals surface area contributed by atoms with Gasteiger partial charge < -0.3 is 9.47 Å². The van der Waals surface area contributed by atoms with E-state index in [0.717, 1.165) is 22.6 Å². The van der Waals surface area contributed by atoms with Gasteiger partial charge in [-0.3, -0.25) is 4.90 Å². The van der Waals surface area contributed by atoms with Crippen LogP contribution in [0.2, 0.25) is 0 Å². The smallest absolute Gasteiger partial charge is 0.416 e. The molecule has 1 fully saturated rings. The molecule has 4 rings (SSSR count). The van der Waals surface area contributed by atoms with E-state index >= 15 is 0 Å². The lowest BCUT2D eigenvalue weighted by Crippen LogP contribution is -2.33. The highest BCUT2D eigenvalue weighted by atomic mass is 19.4. The van der Waals surface area contributed by atoms with Gasteiger partial charge in [0.1, 0.15) is 11.9 Å². The Morgan fingerprint density at radius 1 is 0.795 bits per heavy atom. The van der Waals surface area contributed by atoms with Gasteiger partial charge in [-0.2, -0.15) is 39.5 Å². The van der Waals surface area contributed by atoms with Crippen molar-refractivity contribution in [3.8, 4) is 16.9 Å². The minimum absolute atomic E-state index is 0.00839. The van der Waals surface area contributed by atoms with Crippen molar-refractivity contribution in [1.29, 1.82) is 0 Å². The molecule has 1 heterocycles. The van der Waals surface area contributed by atoms with Crippen LogP contribution in [0.25, 0.3) is 11.1 Å². The van der Waals surface area contributed by atoms with Crippen LogP contribution in [-0.2, 0) is 29.8 Å². The minimum atomic E-state index is -5.13. The van der Waals surface area contributed by atoms with Gasteiger partial charge in [-0.25, -0.2) is 4.79 Å². The summed E-state index contributed by atoms with van der Waals surface area (Å²) in [6.07, 6.45) is -17.6. The number of ether oxygens (including phenoxy) is 2. The molecule has 0 saturated carbocycles. The molecule has 0 N–H and O–H groups in total. The van der Waals surface area contributed by atoms with Crippen molar-refractivity contribution in [2.75, 3.05) is 7.11 Å². The van der Waals surface area contributed by atoms with E-state index in [1.807, 2.05) is 13.8 Å². The van der Waals surface area contributed by atoms with Gasteiger partial charge in [0.05, 0.1) is 36.4 Å². The monoisotopic (exact) mass is 633 g/mol. The third-order valence-electron chi connectivity index (χ3n) is 7.52. The fraction of sp³-hybridized carbons (Fsp3) is 0.387. The lowest BCUT2D eigenvalue weighted by atomic mass is 9.91. The molecule has 4 nitrogen and oxygen atoms in total. The molecule has 0 radical (unpaired) electrons. The van der Waals surface area contributed by atoms with E-state index in [1.165, 1.54) is 20.1 Å². The molecule has 0 unspecified atom stereocenters. The van der Waals surface area contributed by atoms with E-state index in [-0.39, 0.29) is 24.0 Å². The van der Waals surface area contributed by atoms with Crippen LogP contribution in [0.5, 0.6) is 5.75 Å². The summed E-state index contributed by atoms with van der Waals surface area (Å²) >= 11 is 0. The molecular formula is C31H28F9NO3. The van der Waals surface area contributed by atoms with E-state index in [2.05, 4.69) is 0 Å². The van der Waals surface area contributed by atoms with Crippen LogP contribution in [0.3, 0.4) is 0 Å². The third kappa shape index (κ3) is 6.76. The Bertz CT molecular complexity index is 1490. The average Bonchev–Trinajstić information content (AvgIpc) is 3.25. The maximum Gasteiger partial charge on any atom is 0.416 e. The number of benzene rings is 3. The molecule has 1 aliphatic heterocycles. The molecule has 44 heavy (non-hydrogen) atoms. The summed E-state index contributed by atoms with van der Waals surface area (Å²) in [5, 5.41) is 0. The van der Waals surface area contributed by atoms with E-state index in [9.17, 15) is 44.3 Å². The van der Waals surface area contributed by atoms with Gasteiger partial charge in [-0.05, 0) is 77.1 Å². The zero-order chi connectivity index (χ0) is 32.8. The molecule has 238 valence electrons. The molecule has 0 bridgehead atoms. The van der Waals surface area contributed by atoms with Gasteiger partial charge in [0.2, 0.25) is 0 Å². The Balaban J connectivity index is 1.83. The molecule has 0 spiro atoms. The van der Waals surface area contributed by atoms with Gasteiger partial charge in [0.25, 0.3) is 0 Å². The predicted molar refractivity (Wildman–Crippen MR) is 143 cm³/mol. The molecule has 3 aromatic rings. The fourth-order valence-corrected chi connectivity index (χ4v) is 5.25. The highest BCUT2D eigenvalue weighted by Gasteiger charge is 2.45. The number of hydrogen-bond acceptors (Lipinski definition) is 3. The highest BCUT2D eigenvalue weighted by molar-refractivity contribution is 5.76. The number of nitrogens with zero attached hydrogens (tertiary/aromatic N) is 1. The summed E-state index contributed by atoms with van der Waals surface area (Å²) in [6.45, 7) is 4.90. The van der Waals surface area contributed by atoms with Crippen LogP contribution < -0.4 is 4.74 Å². The number of rotatable bonds is 7. The Morgan fingerprint density at radius 2 is 1.39 bits per heavy atom. The predicted octanol–water partition coefficient (Wildman–Crippen LogP) is 10.0. The standard InChI is InChI=1S/C31H28F9NO3/c1-5-25-27(18-10-21(30(35,36)37)14-22(11-18)31(38,39)40)44-28(42)41(25)15-19-12-20(29(32,33)34)7-8-23(19)24-13-17(16(2)3)6-9-26(24)43-4/h6-14,16,25,27H,5,15H2,1-4H3/t25-,27+/m0/s1. The second-order valence-electron chi connectivity index (χ2n) is 10.7. The Kier molecular flexibility index (Phi) is 8.92. The van der Waals surface area contributed by atoms with Crippen molar-refractivity contribution in [3.63, 3.8) is 0 Å². The Labute approximate surface area is 247 Å². The number of carbonyl (C=O) groups excluding carboxylic acids is 1. The Hall–Kier alpha value is -3.90. The van der Waals surface area contributed by atoms with Crippen LogP contribution in [0.4, 0.5) is 44.3 Å². The van der Waals surface area contributed by atoms with Gasteiger partial charge in [0.15, 0.2) is 0 Å². The zero-order valence-electron chi connectivity index (χ0n) is 23.9. The maximum absolute atomic E-state index is 13.8. The first-order valence-corrected chi connectivity index (χ1v) is 13.5. The number of alkyl halides is 9. The maximum atomic E-state index is 13.8. The minimum Gasteiger partial charge on any atom is -0.496 e. The van der Waals surface area contributed by atoms with E-state index in [1.54, 1.807) is 18.2 Å². The number of carbonyl (C=O) groups is 1. The molecule has 2 atom stereocenters. The van der Waals surface area contributed by atoms with Gasteiger partial charge >= 0.3 is 24.6 Å². The first-order valence-electron chi connectivity index (χ1n) is 13.5. The largest absolute Gasteiger partial charge is 0.496 e. The van der Waals surface area contributed by atoms with Gasteiger partial charge in [-0.1, -0.05) is 32.9 Å². The highest BCUT2D eigenvalue weighted by Crippen LogP contribution is 2.44. The Morgan fingerprint density at radius 3 is 1.89 bits per heavy atom. The van der Waals surface area contributed by atoms with Gasteiger partial charge in [-0.15, -0.1) is 0 Å². The topological polar surface area (TPSA) is 38.8 Å². The van der Waals surface area contributed by atoms with E-state index < -0.39 is 65.6 Å². The quantitative estimate of drug-likeness (QED) is 0.243. The van der Waals surface area contributed by atoms with Crippen LogP contribution >= 0.6 is 0 Å². The molecule has 13 heteroatoms. The van der Waals surface area contributed by atoms with Crippen LogP contribution in [0.1, 0.15) is 72.6 Å². The normalized spacial score (nSPS) is 17.8. The van der Waals surface area contributed by atoms with Crippen molar-refractivity contribution in [2.24, 2.45) is 0 Å². The van der Waals surface area contributed by atoms with Gasteiger partial charge in [0, 0.05) is 5.56 Å². The summed E-state index contributed by atoms with van der Waals surface area (Å²) in [6, 6.07) is 8.02. The summed E-state index contributed by atoms with van der Waals surface area (Å²) in [5.41, 5.74) is -3.11. The van der Waals surface area contributed by atoms with Crippen molar-refractivity contribution in [1.82, 2.24) is 4.90 Å². The summed E-state index contributed by atoms with van der Waals surface area (Å²) in [5.74, 6) is 0.387. The number of methoxy groups -OCH3 is 1. The summed E-state index contributed by atoms with van der Waals surface area (Å²) < 4.78 is 133. The molecule has 1 aliphatic rings. The van der Waals surface area contributed by atoms with Crippen molar-refractivity contribution < 1.29 is 53.8 Å². The number of halogens is 9. The average molecular weight is 634 g/mol. The second-order valence-corrected chi connectivity index (χ2v) is 10.7. The number of cyclic esters (lactones) is 1. The van der Waals surface area contributed by atoms with Crippen molar-refractivity contribution in [3.05, 3.63) is 88.0 Å². The van der Waals surface area contributed by atoms with Crippen molar-refractivity contribution >= 4 is 6.09 Å². The van der Waals surface area contributed by atoms with Crippen LogP contribution in [0.15, 0.2) is 54.6 Å². The number of hydrogen-bond donors (Lipinski definition) is 0. The van der Waals surface area contributed by atoms with Crippen LogP contribution in [0, 0.1) is 0 Å². The van der Waals surface area contributed by atoms with Crippen molar-refractivity contribution in [2.45, 2.75) is 70.3 Å². The molecule has 1 amide bonds. The molecule has 1 saturated heterocycles. The molecule has 0 aliphatic carbocycles. The SMILES string of the molecule is CC[C@H]1[C@@H](c2cc(C(F)(F)F)cc(C(F)(F)F)c2)OC(=O)N1Cc1cc(C(F)(F)F)ccc1-c1cc(C(C)C)ccc1OC. The summed E-state index contributed by atoms with van der Waals surface area (Å²) in [4.78, 5) is 14.1. The lowest BCUT2D eigenvalue weighted by Gasteiger charge is -2.26. The fourth-order valence-electron chi connectivity index (χ4n) is 5.25. The van der Waals surface area contributed by atoms with E-state index in [4.69, 9.17) is 9.47 Å². The second kappa shape index (κ2) is 11.9. The zero-order valence-corrected chi connectivity index (χ0v) is 23.9. The van der Waals surface area contributed by atoms with Crippen LogP contribution in [-0.4, -0.2) is 24.1 Å². The summed E-state index contributed by atoms with van der Waals surface area (Å²) in [7, 11) is 1.39. The van der Waals surface area contributed by atoms with E-state index in [0.29, 0.717) is 29.0 Å². The first-order chi connectivity index (χ1) is 20.3. The lowest BCUT2D eigenvalue weighted by molar-refractivity contribution is -0.143. The first kappa shape index (κ1) is 33.0.